The quantitative estimate of drug-likeness (QED) is 0.148. The number of rotatable bonds is 10. The van der Waals surface area contributed by atoms with Crippen molar-refractivity contribution in [1.29, 1.82) is 0 Å². The Bertz CT molecular complexity index is 2380. The van der Waals surface area contributed by atoms with Gasteiger partial charge in [0.1, 0.15) is 23.9 Å². The Morgan fingerprint density at radius 3 is 2.62 bits per heavy atom. The number of carbonyl (C=O) groups excluding carboxylic acids is 5. The topological polar surface area (TPSA) is 176 Å². The molecule has 3 N–H and O–H groups in total. The normalized spacial score (nSPS) is 20.9. The van der Waals surface area contributed by atoms with Crippen molar-refractivity contribution in [3.8, 4) is 28.1 Å². The molecule has 2 saturated heterocycles. The smallest absolute Gasteiger partial charge is 0.324 e. The summed E-state index contributed by atoms with van der Waals surface area (Å²) < 4.78 is 14.0. The van der Waals surface area contributed by atoms with Gasteiger partial charge in [0, 0.05) is 81.0 Å². The average molecular weight is 864 g/mol. The maximum absolute atomic E-state index is 14.6. The molecule has 2 fully saturated rings. The Hall–Kier alpha value is -5.80. The third-order valence-electron chi connectivity index (χ3n) is 12.7. The van der Waals surface area contributed by atoms with Crippen LogP contribution < -0.4 is 10.7 Å². The van der Waals surface area contributed by atoms with E-state index in [0.29, 0.717) is 50.9 Å². The van der Waals surface area contributed by atoms with Crippen molar-refractivity contribution in [3.63, 3.8) is 0 Å². The Labute approximate surface area is 369 Å². The monoisotopic (exact) mass is 863 g/mol. The molecule has 4 amide bonds. The molecule has 4 atom stereocenters. The second-order valence-corrected chi connectivity index (χ2v) is 18.4. The molecule has 0 aliphatic carbocycles. The van der Waals surface area contributed by atoms with Gasteiger partial charge in [0.05, 0.1) is 24.8 Å². The molecule has 3 aliphatic rings. The zero-order valence-electron chi connectivity index (χ0n) is 37.5. The van der Waals surface area contributed by atoms with Gasteiger partial charge in [-0.1, -0.05) is 39.8 Å². The fraction of sp³-hybridized carbons (Fsp3) is 0.500. The number of ether oxygens (including phenoxy) is 2. The SMILES string of the molecule is CCn1c(-c2cnccc2COC)c2c3cc(ccc31)-c1cc(O)cc(c1)C[C@H](NC(=O)[C@H](C(C)C)N(C)C(=O)[C@H]1CCN(C=O)C1)C(=O)N1CCC[C@H](N1)C(=O)OCC(C)(C)C2. The fourth-order valence-corrected chi connectivity index (χ4v) is 9.62. The number of likely N-dealkylation sites (N-methyl/N-ethyl adjacent to an activating group) is 1. The molecule has 2 aromatic heterocycles. The van der Waals surface area contributed by atoms with Crippen LogP contribution in [0.3, 0.4) is 0 Å². The van der Waals surface area contributed by atoms with Crippen LogP contribution >= 0.6 is 0 Å². The van der Waals surface area contributed by atoms with E-state index in [2.05, 4.69) is 53.2 Å². The Morgan fingerprint density at radius 1 is 1.11 bits per heavy atom. The third-order valence-corrected chi connectivity index (χ3v) is 12.7. The number of methoxy groups -OCH3 is 1. The summed E-state index contributed by atoms with van der Waals surface area (Å²) in [5, 5.41) is 16.6. The van der Waals surface area contributed by atoms with Gasteiger partial charge in [0.2, 0.25) is 18.2 Å². The summed E-state index contributed by atoms with van der Waals surface area (Å²) in [7, 11) is 3.26. The lowest BCUT2D eigenvalue weighted by Crippen LogP contribution is -2.62. The number of nitrogens with one attached hydrogen (secondary N) is 2. The van der Waals surface area contributed by atoms with Gasteiger partial charge in [-0.2, -0.15) is 0 Å². The minimum Gasteiger partial charge on any atom is -0.508 e. The van der Waals surface area contributed by atoms with E-state index in [9.17, 15) is 29.1 Å². The number of benzene rings is 2. The number of aromatic nitrogens is 2. The summed E-state index contributed by atoms with van der Waals surface area (Å²) in [4.78, 5) is 75.5. The van der Waals surface area contributed by atoms with Crippen LogP contribution in [0.25, 0.3) is 33.3 Å². The predicted molar refractivity (Wildman–Crippen MR) is 238 cm³/mol. The lowest BCUT2D eigenvalue weighted by atomic mass is 9.84. The van der Waals surface area contributed by atoms with Crippen LogP contribution in [-0.2, 0) is 59.4 Å². The summed E-state index contributed by atoms with van der Waals surface area (Å²) >= 11 is 0. The van der Waals surface area contributed by atoms with Crippen molar-refractivity contribution in [2.75, 3.05) is 40.4 Å². The first-order valence-electron chi connectivity index (χ1n) is 22.0. The first kappa shape index (κ1) is 45.2. The van der Waals surface area contributed by atoms with Crippen molar-refractivity contribution in [1.82, 2.24) is 35.1 Å². The van der Waals surface area contributed by atoms with Crippen LogP contribution in [0.1, 0.15) is 70.6 Å². The molecule has 5 heterocycles. The Morgan fingerprint density at radius 2 is 1.90 bits per heavy atom. The van der Waals surface area contributed by atoms with Crippen LogP contribution in [0.4, 0.5) is 0 Å². The van der Waals surface area contributed by atoms with Gasteiger partial charge in [0.15, 0.2) is 0 Å². The lowest BCUT2D eigenvalue weighted by molar-refractivity contribution is -0.155. The second-order valence-electron chi connectivity index (χ2n) is 18.4. The molecule has 0 unspecified atom stereocenters. The lowest BCUT2D eigenvalue weighted by Gasteiger charge is -2.37. The maximum atomic E-state index is 14.6. The molecule has 0 radical (unpaired) electrons. The van der Waals surface area contributed by atoms with Gasteiger partial charge in [-0.3, -0.25) is 34.0 Å². The van der Waals surface area contributed by atoms with Gasteiger partial charge in [-0.05, 0) is 96.7 Å². The zero-order chi connectivity index (χ0) is 45.2. The van der Waals surface area contributed by atoms with Crippen molar-refractivity contribution in [3.05, 3.63) is 71.5 Å². The van der Waals surface area contributed by atoms with Gasteiger partial charge >= 0.3 is 5.97 Å². The Balaban J connectivity index is 1.32. The van der Waals surface area contributed by atoms with Crippen LogP contribution in [0.15, 0.2) is 54.9 Å². The highest BCUT2D eigenvalue weighted by atomic mass is 16.5. The number of carbonyl (C=O) groups is 5. The molecular formula is C48H61N7O8. The van der Waals surface area contributed by atoms with E-state index in [4.69, 9.17) is 9.47 Å². The maximum Gasteiger partial charge on any atom is 0.324 e. The van der Waals surface area contributed by atoms with Gasteiger partial charge in [-0.25, -0.2) is 5.43 Å². The number of fused-ring (bicyclic) bond motifs is 6. The van der Waals surface area contributed by atoms with Crippen LogP contribution in [0.2, 0.25) is 0 Å². The van der Waals surface area contributed by atoms with Crippen LogP contribution in [-0.4, -0.2) is 118 Å². The number of hydrazine groups is 1. The molecule has 63 heavy (non-hydrogen) atoms. The number of amides is 4. The first-order valence-corrected chi connectivity index (χ1v) is 22.0. The number of phenolic OH excluding ortho intramolecular Hbond substituents is 1. The van der Waals surface area contributed by atoms with E-state index in [0.717, 1.165) is 50.8 Å². The van der Waals surface area contributed by atoms with E-state index in [1.807, 2.05) is 38.2 Å². The van der Waals surface area contributed by atoms with E-state index >= 15 is 0 Å². The summed E-state index contributed by atoms with van der Waals surface area (Å²) in [6.07, 6.45) is 6.38. The van der Waals surface area contributed by atoms with Crippen molar-refractivity contribution >= 4 is 41.0 Å². The zero-order valence-corrected chi connectivity index (χ0v) is 37.5. The number of hydrogen-bond donors (Lipinski definition) is 3. The number of esters is 1. The van der Waals surface area contributed by atoms with Gasteiger partial charge in [-0.15, -0.1) is 0 Å². The summed E-state index contributed by atoms with van der Waals surface area (Å²) in [5.74, 6) is -2.48. The molecule has 3 aliphatic heterocycles. The van der Waals surface area contributed by atoms with Gasteiger partial charge < -0.3 is 34.3 Å². The standard InChI is InChI=1S/C48H61N7O8/c1-8-54-41-12-11-31-22-36(41)37(43(54)38-24-49-15-13-33(38)26-62-7)23-48(4,5)27-63-47(61)39-10-9-16-55(51-39)46(60)40(20-30-18-34(31)21-35(57)19-30)50-44(58)42(29(2)3)52(6)45(59)32-14-17-53(25-32)28-56/h11-13,15,18-19,21-22,24,28-29,32,39-40,42,51,57H,8-10,14,16-17,20,23,25-27H2,1-7H3,(H,50,58)/t32-,39-,40-,42-/m0/s1. The Kier molecular flexibility index (Phi) is 13.6. The summed E-state index contributed by atoms with van der Waals surface area (Å²) in [6.45, 7) is 12.1. The third kappa shape index (κ3) is 9.59. The van der Waals surface area contributed by atoms with E-state index < -0.39 is 47.2 Å². The fourth-order valence-electron chi connectivity index (χ4n) is 9.62. The van der Waals surface area contributed by atoms with E-state index in [-0.39, 0.29) is 43.7 Å². The molecule has 6 bridgehead atoms. The highest BCUT2D eigenvalue weighted by Crippen LogP contribution is 2.41. The average Bonchev–Trinajstić information content (AvgIpc) is 3.87. The van der Waals surface area contributed by atoms with Gasteiger partial charge in [0.25, 0.3) is 5.91 Å². The molecule has 15 heteroatoms. The molecule has 336 valence electrons. The largest absolute Gasteiger partial charge is 0.508 e. The van der Waals surface area contributed by atoms with Crippen molar-refractivity contribution < 1.29 is 38.6 Å². The number of pyridine rings is 1. The second kappa shape index (κ2) is 18.9. The molecule has 15 nitrogen and oxygen atoms in total. The number of nitrogens with zero attached hydrogens (tertiary/aromatic N) is 5. The number of aromatic hydroxyl groups is 1. The number of likely N-dealkylation sites (tertiary alicyclic amines) is 1. The predicted octanol–water partition coefficient (Wildman–Crippen LogP) is 4.85. The van der Waals surface area contributed by atoms with Crippen LogP contribution in [0, 0.1) is 17.3 Å². The number of phenols is 1. The molecular weight excluding hydrogens is 803 g/mol. The first-order chi connectivity index (χ1) is 30.1. The number of hydrogen-bond acceptors (Lipinski definition) is 10. The molecule has 0 spiro atoms. The van der Waals surface area contributed by atoms with Crippen molar-refractivity contribution in [2.24, 2.45) is 17.3 Å². The number of aryl methyl sites for hydroxylation is 1. The minimum absolute atomic E-state index is 0.0000107. The molecule has 2 aromatic carbocycles. The van der Waals surface area contributed by atoms with Crippen LogP contribution in [0.5, 0.6) is 5.75 Å². The summed E-state index contributed by atoms with van der Waals surface area (Å²) in [5.41, 5.74) is 9.76. The molecule has 0 saturated carbocycles. The highest BCUT2D eigenvalue weighted by molar-refractivity contribution is 5.96. The number of cyclic esters (lactones) is 1. The van der Waals surface area contributed by atoms with E-state index in [1.165, 1.54) is 9.91 Å². The molecule has 7 rings (SSSR count). The molecule has 4 aromatic rings. The van der Waals surface area contributed by atoms with E-state index in [1.54, 1.807) is 37.4 Å². The van der Waals surface area contributed by atoms with Crippen molar-refractivity contribution in [2.45, 2.75) is 98.0 Å². The highest BCUT2D eigenvalue weighted by Gasteiger charge is 2.40. The minimum atomic E-state index is -1.15. The summed E-state index contributed by atoms with van der Waals surface area (Å²) in [6, 6.07) is 10.5.